The Labute approximate surface area is 123 Å². The first kappa shape index (κ1) is 13.6. The third kappa shape index (κ3) is 2.76. The number of fused-ring (bicyclic) bond motifs is 2. The molecule has 0 saturated carbocycles. The Bertz CT molecular complexity index is 811. The quantitative estimate of drug-likeness (QED) is 0.544. The van der Waals surface area contributed by atoms with Gasteiger partial charge in [-0.15, -0.1) is 0 Å². The second-order valence-corrected chi connectivity index (χ2v) is 5.41. The predicted molar refractivity (Wildman–Crippen MR) is 84.5 cm³/mol. The van der Waals surface area contributed by atoms with Gasteiger partial charge in [-0.05, 0) is 32.3 Å². The summed E-state index contributed by atoms with van der Waals surface area (Å²) in [6.45, 7) is 0.740. The lowest BCUT2D eigenvalue weighted by Gasteiger charge is -2.10. The van der Waals surface area contributed by atoms with E-state index >= 15 is 0 Å². The van der Waals surface area contributed by atoms with Crippen LogP contribution in [-0.4, -0.2) is 41.3 Å². The number of nitrogens with zero attached hydrogens (tertiary/aromatic N) is 3. The number of Topliss-reactive ketones (excluding diaryl/α,β-unsaturated/α-hetero) is 1. The van der Waals surface area contributed by atoms with Gasteiger partial charge in [0.2, 0.25) is 0 Å². The van der Waals surface area contributed by atoms with Crippen molar-refractivity contribution in [2.24, 2.45) is 0 Å². The van der Waals surface area contributed by atoms with Crippen LogP contribution in [0.4, 0.5) is 0 Å². The van der Waals surface area contributed by atoms with E-state index in [1.807, 2.05) is 43.3 Å². The molecule has 21 heavy (non-hydrogen) atoms. The van der Waals surface area contributed by atoms with Gasteiger partial charge in [-0.2, -0.15) is 0 Å². The molecule has 2 heterocycles. The van der Waals surface area contributed by atoms with Crippen LogP contribution in [0.25, 0.3) is 21.8 Å². The summed E-state index contributed by atoms with van der Waals surface area (Å²) in [5, 5.41) is 2.03. The maximum atomic E-state index is 12.4. The summed E-state index contributed by atoms with van der Waals surface area (Å²) in [4.78, 5) is 23.2. The summed E-state index contributed by atoms with van der Waals surface area (Å²) in [5.74, 6) is 0.130. The van der Waals surface area contributed by atoms with E-state index < -0.39 is 0 Å². The first-order chi connectivity index (χ1) is 10.1. The molecule has 0 atom stereocenters. The molecule has 0 fully saturated rings. The minimum Gasteiger partial charge on any atom is -0.309 e. The smallest absolute Gasteiger partial charge is 0.166 e. The van der Waals surface area contributed by atoms with Crippen molar-refractivity contribution >= 4 is 27.6 Å². The Morgan fingerprint density at radius 1 is 1.19 bits per heavy atom. The number of carbonyl (C=O) groups is 1. The average molecular weight is 279 g/mol. The maximum Gasteiger partial charge on any atom is 0.166 e. The molecule has 0 aliphatic heterocycles. The number of rotatable bonds is 4. The lowest BCUT2D eigenvalue weighted by molar-refractivity contribution is 0.0974. The fourth-order valence-electron chi connectivity index (χ4n) is 2.39. The van der Waals surface area contributed by atoms with Crippen LogP contribution in [0.1, 0.15) is 16.8 Å². The molecule has 3 rings (SSSR count). The highest BCUT2D eigenvalue weighted by molar-refractivity contribution is 6.08. The van der Waals surface area contributed by atoms with E-state index in [2.05, 4.69) is 16.0 Å². The Morgan fingerprint density at radius 3 is 2.86 bits per heavy atom. The number of benzene rings is 1. The summed E-state index contributed by atoms with van der Waals surface area (Å²) in [6, 6.07) is 9.75. The Hall–Kier alpha value is -2.33. The number of para-hydroxylation sites is 1. The molecule has 3 aromatic rings. The first-order valence-electron chi connectivity index (χ1n) is 6.96. The van der Waals surface area contributed by atoms with Gasteiger partial charge in [-0.1, -0.05) is 12.1 Å². The molecule has 0 aliphatic rings. The third-order valence-corrected chi connectivity index (χ3v) is 3.53. The van der Waals surface area contributed by atoms with Crippen molar-refractivity contribution < 1.29 is 4.79 Å². The van der Waals surface area contributed by atoms with Gasteiger partial charge in [0.25, 0.3) is 0 Å². The molecule has 0 amide bonds. The van der Waals surface area contributed by atoms with Gasteiger partial charge >= 0.3 is 0 Å². The molecule has 0 N–H and O–H groups in total. The van der Waals surface area contributed by atoms with Crippen LogP contribution in [0.3, 0.4) is 0 Å². The predicted octanol–water partition coefficient (Wildman–Crippen LogP) is 2.92. The third-order valence-electron chi connectivity index (χ3n) is 3.53. The second kappa shape index (κ2) is 5.58. The van der Waals surface area contributed by atoms with Gasteiger partial charge in [0, 0.05) is 35.5 Å². The zero-order valence-corrected chi connectivity index (χ0v) is 12.2. The molecule has 2 aromatic heterocycles. The molecule has 0 saturated heterocycles. The van der Waals surface area contributed by atoms with Gasteiger partial charge in [0.15, 0.2) is 5.78 Å². The SMILES string of the molecule is CN(C)CCC(=O)c1cccc2cc3ccncc3nc12. The summed E-state index contributed by atoms with van der Waals surface area (Å²) >= 11 is 0. The number of aromatic nitrogens is 2. The summed E-state index contributed by atoms with van der Waals surface area (Å²) < 4.78 is 0. The molecule has 0 spiro atoms. The Kier molecular flexibility index (Phi) is 3.62. The topological polar surface area (TPSA) is 46.1 Å². The Balaban J connectivity index is 2.10. The van der Waals surface area contributed by atoms with Gasteiger partial charge in [0.1, 0.15) is 0 Å². The fourth-order valence-corrected chi connectivity index (χ4v) is 2.39. The Morgan fingerprint density at radius 2 is 2.05 bits per heavy atom. The van der Waals surface area contributed by atoms with Crippen LogP contribution in [0, 0.1) is 0 Å². The molecule has 0 unspecified atom stereocenters. The van der Waals surface area contributed by atoms with Crippen molar-refractivity contribution in [2.75, 3.05) is 20.6 Å². The van der Waals surface area contributed by atoms with Gasteiger partial charge in [0.05, 0.1) is 17.2 Å². The van der Waals surface area contributed by atoms with E-state index in [-0.39, 0.29) is 5.78 Å². The average Bonchev–Trinajstić information content (AvgIpc) is 2.50. The van der Waals surface area contributed by atoms with Crippen LogP contribution < -0.4 is 0 Å². The minimum absolute atomic E-state index is 0.130. The molecule has 0 radical (unpaired) electrons. The van der Waals surface area contributed by atoms with Crippen LogP contribution in [-0.2, 0) is 0 Å². The molecular formula is C17H17N3O. The van der Waals surface area contributed by atoms with E-state index in [1.54, 1.807) is 12.4 Å². The zero-order valence-electron chi connectivity index (χ0n) is 12.2. The van der Waals surface area contributed by atoms with Gasteiger partial charge in [-0.25, -0.2) is 4.98 Å². The normalized spacial score (nSPS) is 11.4. The zero-order chi connectivity index (χ0) is 14.8. The van der Waals surface area contributed by atoms with E-state index in [4.69, 9.17) is 0 Å². The van der Waals surface area contributed by atoms with Crippen LogP contribution in [0.15, 0.2) is 42.7 Å². The molecule has 4 heteroatoms. The molecule has 106 valence electrons. The molecule has 1 aromatic carbocycles. The van der Waals surface area contributed by atoms with Gasteiger partial charge < -0.3 is 4.90 Å². The molecule has 0 bridgehead atoms. The standard InChI is InChI=1S/C17H17N3O/c1-20(2)9-7-16(21)14-5-3-4-13-10-12-6-8-18-11-15(12)19-17(13)14/h3-6,8,10-11H,7,9H2,1-2H3. The lowest BCUT2D eigenvalue weighted by Crippen LogP contribution is -2.17. The van der Waals surface area contributed by atoms with Crippen LogP contribution in [0.2, 0.25) is 0 Å². The number of pyridine rings is 2. The van der Waals surface area contributed by atoms with Crippen molar-refractivity contribution in [3.8, 4) is 0 Å². The van der Waals surface area contributed by atoms with Crippen molar-refractivity contribution in [2.45, 2.75) is 6.42 Å². The molecular weight excluding hydrogens is 262 g/mol. The van der Waals surface area contributed by atoms with Crippen molar-refractivity contribution in [3.05, 3.63) is 48.3 Å². The highest BCUT2D eigenvalue weighted by Gasteiger charge is 2.12. The number of hydrogen-bond donors (Lipinski definition) is 0. The van der Waals surface area contributed by atoms with Crippen molar-refractivity contribution in [1.82, 2.24) is 14.9 Å². The summed E-state index contributed by atoms with van der Waals surface area (Å²) in [6.07, 6.45) is 3.98. The van der Waals surface area contributed by atoms with E-state index in [1.165, 1.54) is 0 Å². The van der Waals surface area contributed by atoms with E-state index in [0.717, 1.165) is 28.4 Å². The summed E-state index contributed by atoms with van der Waals surface area (Å²) in [7, 11) is 3.93. The lowest BCUT2D eigenvalue weighted by atomic mass is 10.0. The van der Waals surface area contributed by atoms with Crippen molar-refractivity contribution in [1.29, 1.82) is 0 Å². The fraction of sp³-hybridized carbons (Fsp3) is 0.235. The molecule has 4 nitrogen and oxygen atoms in total. The monoisotopic (exact) mass is 279 g/mol. The minimum atomic E-state index is 0.130. The van der Waals surface area contributed by atoms with Gasteiger partial charge in [-0.3, -0.25) is 9.78 Å². The highest BCUT2D eigenvalue weighted by Crippen LogP contribution is 2.22. The van der Waals surface area contributed by atoms with Crippen LogP contribution >= 0.6 is 0 Å². The number of ketones is 1. The van der Waals surface area contributed by atoms with Crippen molar-refractivity contribution in [3.63, 3.8) is 0 Å². The van der Waals surface area contributed by atoms with E-state index in [9.17, 15) is 4.79 Å². The molecule has 0 aliphatic carbocycles. The summed E-state index contributed by atoms with van der Waals surface area (Å²) in [5.41, 5.74) is 2.28. The largest absolute Gasteiger partial charge is 0.309 e. The second-order valence-electron chi connectivity index (χ2n) is 5.41. The number of carbonyl (C=O) groups excluding carboxylic acids is 1. The first-order valence-corrected chi connectivity index (χ1v) is 6.96. The van der Waals surface area contributed by atoms with E-state index in [0.29, 0.717) is 12.0 Å². The highest BCUT2D eigenvalue weighted by atomic mass is 16.1. The number of hydrogen-bond acceptors (Lipinski definition) is 4. The maximum absolute atomic E-state index is 12.4. The van der Waals surface area contributed by atoms with Crippen LogP contribution in [0.5, 0.6) is 0 Å².